The third-order valence-corrected chi connectivity index (χ3v) is 7.57. The van der Waals surface area contributed by atoms with E-state index in [9.17, 15) is 14.7 Å². The molecule has 0 saturated carbocycles. The van der Waals surface area contributed by atoms with Crippen molar-refractivity contribution in [1.82, 2.24) is 19.5 Å². The largest absolute Gasteiger partial charge is 0.489 e. The molecule has 1 fully saturated rings. The van der Waals surface area contributed by atoms with E-state index in [4.69, 9.17) is 35.3 Å². The smallest absolute Gasteiger partial charge is 0.425 e. The molecule has 1 N–H and O–H groups in total. The molecule has 1 aliphatic heterocycles. The molecule has 0 radical (unpaired) electrons. The van der Waals surface area contributed by atoms with Gasteiger partial charge in [-0.05, 0) is 89.5 Å². The molecule has 4 aromatic rings. The zero-order valence-electron chi connectivity index (χ0n) is 28.0. The molecule has 13 nitrogen and oxygen atoms in total. The lowest BCUT2D eigenvalue weighted by Crippen LogP contribution is -2.44. The number of hydrogen-bond acceptors (Lipinski definition) is 11. The molecule has 3 atom stereocenters. The summed E-state index contributed by atoms with van der Waals surface area (Å²) >= 11 is 9.95. The maximum absolute atomic E-state index is 13.4. The standard InChI is InChI=1S/C33H39BrClN5O8/c1-31(2,3)47-29(41)40(30(42)48-32(4,5)6)27-21-9-10-39(26(21)37-17-38-27)28-25(46-33(7,8)43)13-20(45-28)16-44-24-14-23-18(12-22(24)35)11-19(34)15-36-23/h9-12,14-15,17,20,25,28,43H,13,16H2,1-8H3. The predicted molar refractivity (Wildman–Crippen MR) is 182 cm³/mol. The quantitative estimate of drug-likeness (QED) is 0.187. The first-order valence-corrected chi connectivity index (χ1v) is 16.5. The molecule has 0 spiro atoms. The number of hydrogen-bond donors (Lipinski definition) is 1. The van der Waals surface area contributed by atoms with Crippen molar-refractivity contribution in [3.8, 4) is 5.75 Å². The fourth-order valence-electron chi connectivity index (χ4n) is 5.14. The molecule has 3 aromatic heterocycles. The van der Waals surface area contributed by atoms with Gasteiger partial charge >= 0.3 is 12.2 Å². The Kier molecular flexibility index (Phi) is 9.97. The molecule has 3 unspecified atom stereocenters. The predicted octanol–water partition coefficient (Wildman–Crippen LogP) is 7.55. The Bertz CT molecular complexity index is 1800. The molecule has 258 valence electrons. The molecule has 15 heteroatoms. The minimum Gasteiger partial charge on any atom is -0.489 e. The summed E-state index contributed by atoms with van der Waals surface area (Å²) in [7, 11) is 0. The number of carbonyl (C=O) groups is 2. The third kappa shape index (κ3) is 8.53. The minimum atomic E-state index is -1.49. The van der Waals surface area contributed by atoms with Crippen molar-refractivity contribution in [2.45, 2.75) is 97.2 Å². The van der Waals surface area contributed by atoms with Crippen molar-refractivity contribution in [1.29, 1.82) is 0 Å². The number of aromatic nitrogens is 4. The number of ether oxygens (including phenoxy) is 5. The lowest BCUT2D eigenvalue weighted by Gasteiger charge is -2.28. The zero-order valence-corrected chi connectivity index (χ0v) is 30.3. The lowest BCUT2D eigenvalue weighted by molar-refractivity contribution is -0.222. The van der Waals surface area contributed by atoms with Crippen LogP contribution in [0.25, 0.3) is 21.9 Å². The number of benzene rings is 1. The number of anilines is 1. The van der Waals surface area contributed by atoms with Gasteiger partial charge in [-0.15, -0.1) is 0 Å². The molecule has 2 amide bonds. The van der Waals surface area contributed by atoms with Gasteiger partial charge in [0, 0.05) is 34.7 Å². The van der Waals surface area contributed by atoms with Gasteiger partial charge in [0.15, 0.2) is 17.8 Å². The van der Waals surface area contributed by atoms with E-state index in [1.54, 1.807) is 76.7 Å². The van der Waals surface area contributed by atoms with E-state index < -0.39 is 47.6 Å². The molecule has 1 aliphatic rings. The monoisotopic (exact) mass is 747 g/mol. The second-order valence-electron chi connectivity index (χ2n) is 13.9. The topological polar surface area (TPSA) is 147 Å². The first-order chi connectivity index (χ1) is 22.3. The maximum Gasteiger partial charge on any atom is 0.425 e. The molecule has 0 aliphatic carbocycles. The Morgan fingerprint density at radius 1 is 1.04 bits per heavy atom. The number of halogens is 2. The number of nitrogens with zero attached hydrogens (tertiary/aromatic N) is 5. The van der Waals surface area contributed by atoms with Gasteiger partial charge in [-0.1, -0.05) is 11.6 Å². The summed E-state index contributed by atoms with van der Waals surface area (Å²) in [5.41, 5.74) is -0.761. The van der Waals surface area contributed by atoms with E-state index in [-0.39, 0.29) is 12.4 Å². The molecule has 48 heavy (non-hydrogen) atoms. The van der Waals surface area contributed by atoms with Crippen LogP contribution >= 0.6 is 27.5 Å². The van der Waals surface area contributed by atoms with Crippen LogP contribution in [-0.4, -0.2) is 72.6 Å². The molecule has 4 heterocycles. The lowest BCUT2D eigenvalue weighted by atomic mass is 10.2. The second-order valence-corrected chi connectivity index (χ2v) is 15.2. The van der Waals surface area contributed by atoms with Crippen LogP contribution in [0.3, 0.4) is 0 Å². The Balaban J connectivity index is 1.46. The van der Waals surface area contributed by atoms with Crippen LogP contribution in [-0.2, 0) is 18.9 Å². The van der Waals surface area contributed by atoms with Gasteiger partial charge in [0.25, 0.3) is 0 Å². The fourth-order valence-corrected chi connectivity index (χ4v) is 5.72. The molecule has 5 rings (SSSR count). The number of fused-ring (bicyclic) bond motifs is 2. The van der Waals surface area contributed by atoms with Crippen LogP contribution < -0.4 is 9.64 Å². The SMILES string of the molecule is CC(C)(C)OC(=O)N(C(=O)OC(C)(C)C)c1ncnc2c1ccn2C1OC(COc2cc3ncc(Br)cc3cc2Cl)CC1OC(C)(C)O. The molecular formula is C33H39BrClN5O8. The summed E-state index contributed by atoms with van der Waals surface area (Å²) in [6.45, 7) is 13.3. The average Bonchev–Trinajstić information content (AvgIpc) is 3.53. The number of pyridine rings is 1. The van der Waals surface area contributed by atoms with Crippen LogP contribution in [0.2, 0.25) is 5.02 Å². The fraction of sp³-hybridized carbons (Fsp3) is 0.485. The highest BCUT2D eigenvalue weighted by Gasteiger charge is 2.42. The average molecular weight is 749 g/mol. The summed E-state index contributed by atoms with van der Waals surface area (Å²) in [5.74, 6) is -1.08. The summed E-state index contributed by atoms with van der Waals surface area (Å²) in [5, 5.41) is 12.2. The molecule has 1 aromatic carbocycles. The Hall–Kier alpha value is -3.56. The first kappa shape index (κ1) is 35.7. The van der Waals surface area contributed by atoms with Gasteiger partial charge in [0.1, 0.15) is 41.6 Å². The number of aliphatic hydroxyl groups is 1. The van der Waals surface area contributed by atoms with E-state index in [0.29, 0.717) is 33.7 Å². The van der Waals surface area contributed by atoms with Gasteiger partial charge in [-0.3, -0.25) is 4.98 Å². The van der Waals surface area contributed by atoms with Crippen molar-refractivity contribution in [3.63, 3.8) is 0 Å². The highest BCUT2D eigenvalue weighted by atomic mass is 79.9. The van der Waals surface area contributed by atoms with Gasteiger partial charge in [0.05, 0.1) is 22.0 Å². The van der Waals surface area contributed by atoms with Crippen LogP contribution in [0, 0.1) is 0 Å². The number of carbonyl (C=O) groups excluding carboxylic acids is 2. The van der Waals surface area contributed by atoms with Gasteiger partial charge in [-0.25, -0.2) is 19.6 Å². The summed E-state index contributed by atoms with van der Waals surface area (Å²) < 4.78 is 32.2. The van der Waals surface area contributed by atoms with E-state index in [1.165, 1.54) is 20.2 Å². The van der Waals surface area contributed by atoms with Gasteiger partial charge in [0.2, 0.25) is 0 Å². The van der Waals surface area contributed by atoms with Crippen LogP contribution in [0.5, 0.6) is 5.75 Å². The Morgan fingerprint density at radius 2 is 1.71 bits per heavy atom. The van der Waals surface area contributed by atoms with Crippen LogP contribution in [0.15, 0.2) is 47.5 Å². The van der Waals surface area contributed by atoms with Crippen molar-refractivity contribution >= 4 is 67.5 Å². The van der Waals surface area contributed by atoms with Crippen molar-refractivity contribution in [2.24, 2.45) is 0 Å². The normalized spacial score (nSPS) is 18.7. The zero-order chi connectivity index (χ0) is 35.2. The van der Waals surface area contributed by atoms with Gasteiger partial charge < -0.3 is 33.4 Å². The van der Waals surface area contributed by atoms with E-state index in [1.807, 2.05) is 6.07 Å². The highest BCUT2D eigenvalue weighted by Crippen LogP contribution is 2.38. The number of rotatable bonds is 7. The van der Waals surface area contributed by atoms with Crippen LogP contribution in [0.1, 0.15) is 68.0 Å². The van der Waals surface area contributed by atoms with E-state index in [2.05, 4.69) is 30.9 Å². The minimum absolute atomic E-state index is 0.0355. The second kappa shape index (κ2) is 13.4. The summed E-state index contributed by atoms with van der Waals surface area (Å²) in [6, 6.07) is 7.11. The van der Waals surface area contributed by atoms with Crippen LogP contribution in [0.4, 0.5) is 15.4 Å². The van der Waals surface area contributed by atoms with Crippen molar-refractivity contribution in [2.75, 3.05) is 11.5 Å². The molecular weight excluding hydrogens is 710 g/mol. The van der Waals surface area contributed by atoms with Crippen molar-refractivity contribution < 1.29 is 38.4 Å². The van der Waals surface area contributed by atoms with E-state index >= 15 is 0 Å². The van der Waals surface area contributed by atoms with E-state index in [0.717, 1.165) is 14.8 Å². The molecule has 0 bridgehead atoms. The summed E-state index contributed by atoms with van der Waals surface area (Å²) in [4.78, 5) is 40.7. The Labute approximate surface area is 291 Å². The highest BCUT2D eigenvalue weighted by molar-refractivity contribution is 9.10. The third-order valence-electron chi connectivity index (χ3n) is 6.84. The first-order valence-electron chi connectivity index (χ1n) is 15.3. The van der Waals surface area contributed by atoms with Gasteiger partial charge in [-0.2, -0.15) is 4.90 Å². The van der Waals surface area contributed by atoms with Crippen molar-refractivity contribution in [3.05, 3.63) is 52.5 Å². The summed E-state index contributed by atoms with van der Waals surface area (Å²) in [6.07, 6.45) is 1.12. The maximum atomic E-state index is 13.4. The molecule has 1 saturated heterocycles. The Morgan fingerprint density at radius 3 is 2.33 bits per heavy atom. The number of amides is 2. The number of imide groups is 1.